The van der Waals surface area contributed by atoms with Crippen molar-refractivity contribution in [3.05, 3.63) is 70.8 Å². The average Bonchev–Trinajstić information content (AvgIpc) is 3.41. The molecule has 14 nitrogen and oxygen atoms in total. The van der Waals surface area contributed by atoms with E-state index in [4.69, 9.17) is 28.4 Å². The number of nitrogens with zero attached hydrogens (tertiary/aromatic N) is 1. The van der Waals surface area contributed by atoms with Crippen LogP contribution in [0.2, 0.25) is 0 Å². The fraction of sp³-hybridized carbons (Fsp3) is 0.438. The van der Waals surface area contributed by atoms with Crippen molar-refractivity contribution in [2.24, 2.45) is 0 Å². The first-order chi connectivity index (χ1) is 22.1. The van der Waals surface area contributed by atoms with Crippen LogP contribution in [0.1, 0.15) is 71.7 Å². The van der Waals surface area contributed by atoms with Crippen LogP contribution in [0.25, 0.3) is 0 Å². The minimum atomic E-state index is -2.37. The highest BCUT2D eigenvalue weighted by atomic mass is 16.6. The second kappa shape index (κ2) is 16.0. The standard InChI is InChI=1S/C32H38N2O12/c1-7-43-28(37)23(29(38)44-8-2)34-24(19-11-15-21(16-12-19)26(35)41-5)32(30(39)45-9-3,31(40)46-10-4)33-25(34)20-13-17-22(18-14-20)27(36)42-6/h11-18,23-25,33H,7-10H2,1-6H3/t24-,25+/m1/s1. The molecule has 3 rings (SSSR count). The summed E-state index contributed by atoms with van der Waals surface area (Å²) >= 11 is 0. The molecule has 14 heteroatoms. The van der Waals surface area contributed by atoms with Crippen molar-refractivity contribution in [1.82, 2.24) is 10.2 Å². The first-order valence-corrected chi connectivity index (χ1v) is 14.6. The lowest BCUT2D eigenvalue weighted by Crippen LogP contribution is -2.60. The number of nitrogens with one attached hydrogen (secondary N) is 1. The highest BCUT2D eigenvalue weighted by molar-refractivity contribution is 6.07. The molecule has 1 saturated heterocycles. The van der Waals surface area contributed by atoms with E-state index in [1.165, 1.54) is 67.7 Å². The van der Waals surface area contributed by atoms with E-state index in [9.17, 15) is 28.8 Å². The summed E-state index contributed by atoms with van der Waals surface area (Å²) in [5.74, 6) is -5.40. The minimum absolute atomic E-state index is 0.103. The maximum absolute atomic E-state index is 14.0. The SMILES string of the molecule is CCOC(=O)C(C(=O)OCC)N1[C@@H](c2ccc(C(=O)OC)cc2)NC(C(=O)OCC)(C(=O)OCC)[C@H]1c1ccc(C(=O)OC)cc1. The van der Waals surface area contributed by atoms with Gasteiger partial charge in [0.15, 0.2) is 0 Å². The maximum Gasteiger partial charge on any atom is 0.340 e. The van der Waals surface area contributed by atoms with Crippen molar-refractivity contribution in [2.45, 2.75) is 51.5 Å². The van der Waals surface area contributed by atoms with Gasteiger partial charge in [0.25, 0.3) is 0 Å². The maximum atomic E-state index is 14.0. The summed E-state index contributed by atoms with van der Waals surface area (Å²) in [6.45, 7) is 5.73. The van der Waals surface area contributed by atoms with Gasteiger partial charge in [-0.15, -0.1) is 0 Å². The highest BCUT2D eigenvalue weighted by Gasteiger charge is 2.67. The van der Waals surface area contributed by atoms with Crippen molar-refractivity contribution in [3.63, 3.8) is 0 Å². The van der Waals surface area contributed by atoms with Gasteiger partial charge in [-0.2, -0.15) is 0 Å². The molecule has 1 aliphatic rings. The molecule has 2 atom stereocenters. The molecule has 1 fully saturated rings. The molecule has 0 amide bonds. The van der Waals surface area contributed by atoms with Gasteiger partial charge in [0, 0.05) is 0 Å². The molecule has 1 N–H and O–H groups in total. The van der Waals surface area contributed by atoms with Gasteiger partial charge in [-0.3, -0.25) is 10.2 Å². The fourth-order valence-corrected chi connectivity index (χ4v) is 5.25. The Hall–Kier alpha value is -4.82. The summed E-state index contributed by atoms with van der Waals surface area (Å²) in [7, 11) is 2.44. The molecule has 0 aromatic heterocycles. The number of methoxy groups -OCH3 is 2. The van der Waals surface area contributed by atoms with Crippen LogP contribution < -0.4 is 5.32 Å². The van der Waals surface area contributed by atoms with Gasteiger partial charge in [0.2, 0.25) is 11.6 Å². The molecule has 0 bridgehead atoms. The van der Waals surface area contributed by atoms with E-state index in [-0.39, 0.29) is 43.1 Å². The monoisotopic (exact) mass is 642 g/mol. The number of carbonyl (C=O) groups is 6. The van der Waals surface area contributed by atoms with Crippen LogP contribution in [0, 0.1) is 0 Å². The van der Waals surface area contributed by atoms with Crippen molar-refractivity contribution in [1.29, 1.82) is 0 Å². The van der Waals surface area contributed by atoms with Crippen LogP contribution >= 0.6 is 0 Å². The molecule has 0 unspecified atom stereocenters. The third kappa shape index (κ3) is 7.02. The van der Waals surface area contributed by atoms with Crippen LogP contribution in [-0.2, 0) is 47.6 Å². The molecule has 46 heavy (non-hydrogen) atoms. The van der Waals surface area contributed by atoms with Crippen LogP contribution in [0.4, 0.5) is 0 Å². The Balaban J connectivity index is 2.44. The van der Waals surface area contributed by atoms with Gasteiger partial charge < -0.3 is 28.4 Å². The fourth-order valence-electron chi connectivity index (χ4n) is 5.25. The Bertz CT molecular complexity index is 1390. The van der Waals surface area contributed by atoms with Crippen molar-refractivity contribution in [2.75, 3.05) is 40.6 Å². The molecule has 0 aliphatic carbocycles. The summed E-state index contributed by atoms with van der Waals surface area (Å²) in [6.07, 6.45) is -1.26. The van der Waals surface area contributed by atoms with Crippen molar-refractivity contribution < 1.29 is 57.2 Å². The second-order valence-electron chi connectivity index (χ2n) is 9.78. The Morgan fingerprint density at radius 3 is 1.41 bits per heavy atom. The van der Waals surface area contributed by atoms with E-state index in [2.05, 4.69) is 5.32 Å². The number of hydrogen-bond acceptors (Lipinski definition) is 14. The summed E-state index contributed by atoms with van der Waals surface area (Å²) in [5, 5.41) is 3.03. The van der Waals surface area contributed by atoms with Crippen molar-refractivity contribution >= 4 is 35.8 Å². The summed E-state index contributed by atoms with van der Waals surface area (Å²) in [4.78, 5) is 81.0. The summed E-state index contributed by atoms with van der Waals surface area (Å²) in [6, 6.07) is 8.31. The van der Waals surface area contributed by atoms with Crippen LogP contribution in [0.3, 0.4) is 0 Å². The lowest BCUT2D eigenvalue weighted by molar-refractivity contribution is -0.172. The molecule has 1 aliphatic heterocycles. The first-order valence-electron chi connectivity index (χ1n) is 14.6. The molecular formula is C32H38N2O12. The molecule has 2 aromatic carbocycles. The Kier molecular flexibility index (Phi) is 12.4. The summed E-state index contributed by atoms with van der Waals surface area (Å²) < 4.78 is 31.1. The van der Waals surface area contributed by atoms with Gasteiger partial charge in [-0.1, -0.05) is 24.3 Å². The Labute approximate surface area is 266 Å². The molecule has 0 radical (unpaired) electrons. The number of ether oxygens (including phenoxy) is 6. The van der Waals surface area contributed by atoms with E-state index in [1.54, 1.807) is 27.7 Å². The molecular weight excluding hydrogens is 604 g/mol. The van der Waals surface area contributed by atoms with E-state index in [1.807, 2.05) is 0 Å². The van der Waals surface area contributed by atoms with Crippen LogP contribution in [0.15, 0.2) is 48.5 Å². The largest absolute Gasteiger partial charge is 0.465 e. The van der Waals surface area contributed by atoms with Gasteiger partial charge in [-0.25, -0.2) is 28.8 Å². The third-order valence-electron chi connectivity index (χ3n) is 7.18. The molecule has 0 spiro atoms. The lowest BCUT2D eigenvalue weighted by Gasteiger charge is -2.36. The highest BCUT2D eigenvalue weighted by Crippen LogP contribution is 2.48. The lowest BCUT2D eigenvalue weighted by atomic mass is 9.84. The zero-order valence-electron chi connectivity index (χ0n) is 26.5. The predicted molar refractivity (Wildman–Crippen MR) is 159 cm³/mol. The van der Waals surface area contributed by atoms with Crippen LogP contribution in [-0.4, -0.2) is 92.9 Å². The van der Waals surface area contributed by atoms with Gasteiger partial charge in [0.05, 0.1) is 64.0 Å². The van der Waals surface area contributed by atoms with E-state index in [0.717, 1.165) is 0 Å². The van der Waals surface area contributed by atoms with Crippen LogP contribution in [0.5, 0.6) is 0 Å². The van der Waals surface area contributed by atoms with Gasteiger partial charge in [0.1, 0.15) is 0 Å². The van der Waals surface area contributed by atoms with Gasteiger partial charge in [-0.05, 0) is 63.1 Å². The molecule has 248 valence electrons. The third-order valence-corrected chi connectivity index (χ3v) is 7.18. The Morgan fingerprint density at radius 2 is 1.04 bits per heavy atom. The number of rotatable bonds is 13. The summed E-state index contributed by atoms with van der Waals surface area (Å²) in [5.41, 5.74) is -1.47. The molecule has 0 saturated carbocycles. The topological polar surface area (TPSA) is 173 Å². The Morgan fingerprint density at radius 1 is 0.652 bits per heavy atom. The van der Waals surface area contributed by atoms with E-state index in [0.29, 0.717) is 5.56 Å². The minimum Gasteiger partial charge on any atom is -0.465 e. The first kappa shape index (κ1) is 35.7. The second-order valence-corrected chi connectivity index (χ2v) is 9.78. The van der Waals surface area contributed by atoms with Gasteiger partial charge >= 0.3 is 35.8 Å². The zero-order valence-corrected chi connectivity index (χ0v) is 26.5. The predicted octanol–water partition coefficient (Wildman–Crippen LogP) is 2.26. The van der Waals surface area contributed by atoms with E-state index < -0.39 is 59.6 Å². The zero-order chi connectivity index (χ0) is 34.0. The number of esters is 6. The normalized spacial score (nSPS) is 17.1. The van der Waals surface area contributed by atoms with E-state index >= 15 is 0 Å². The van der Waals surface area contributed by atoms with Crippen molar-refractivity contribution in [3.8, 4) is 0 Å². The number of carbonyl (C=O) groups excluding carboxylic acids is 6. The quantitative estimate of drug-likeness (QED) is 0.191. The smallest absolute Gasteiger partial charge is 0.340 e. The number of hydrogen-bond donors (Lipinski definition) is 1. The average molecular weight is 643 g/mol. The number of benzene rings is 2. The molecule has 1 heterocycles. The molecule has 2 aromatic rings.